The van der Waals surface area contributed by atoms with Gasteiger partial charge in [0.2, 0.25) is 5.12 Å². The molecular formula is C5H12O2S. The van der Waals surface area contributed by atoms with Crippen molar-refractivity contribution in [1.29, 1.82) is 0 Å². The molecule has 0 saturated heterocycles. The molecule has 0 aromatic rings. The predicted octanol–water partition coefficient (Wildman–Crippen LogP) is 1.01. The normalized spacial score (nSPS) is 18.0. The number of ether oxygens (including phenoxy) is 1. The molecule has 1 N–H and O–H groups in total. The number of hydrogen-bond acceptors (Lipinski definition) is 3. The lowest BCUT2D eigenvalue weighted by Gasteiger charge is -2.18. The summed E-state index contributed by atoms with van der Waals surface area (Å²) in [6, 6.07) is 0. The van der Waals surface area contributed by atoms with Gasteiger partial charge in [-0.3, -0.25) is 0 Å². The quantitative estimate of drug-likeness (QED) is 0.448. The molecular weight excluding hydrogens is 124 g/mol. The first-order valence-corrected chi connectivity index (χ1v) is 3.15. The molecule has 0 aliphatic heterocycles. The number of hydrogen-bond donors (Lipinski definition) is 2. The van der Waals surface area contributed by atoms with Crippen LogP contribution in [0.2, 0.25) is 0 Å². The fourth-order valence-corrected chi connectivity index (χ4v) is 0.462. The van der Waals surface area contributed by atoms with Gasteiger partial charge in [0.05, 0.1) is 0 Å². The largest absolute Gasteiger partial charge is 0.357 e. The van der Waals surface area contributed by atoms with Gasteiger partial charge in [0.1, 0.15) is 0 Å². The molecule has 1 unspecified atom stereocenters. The minimum Gasteiger partial charge on any atom is -0.357 e. The Morgan fingerprint density at radius 2 is 2.12 bits per heavy atom. The van der Waals surface area contributed by atoms with E-state index < -0.39 is 5.12 Å². The Morgan fingerprint density at radius 1 is 1.62 bits per heavy atom. The minimum absolute atomic E-state index is 0.494. The van der Waals surface area contributed by atoms with Gasteiger partial charge in [0.15, 0.2) is 0 Å². The van der Waals surface area contributed by atoms with E-state index in [1.807, 2.05) is 13.8 Å². The van der Waals surface area contributed by atoms with Gasteiger partial charge in [0.25, 0.3) is 0 Å². The van der Waals surface area contributed by atoms with E-state index in [9.17, 15) is 0 Å². The second-order valence-electron chi connectivity index (χ2n) is 1.53. The maximum absolute atomic E-state index is 8.97. The second-order valence-corrected chi connectivity index (χ2v) is 2.23. The summed E-state index contributed by atoms with van der Waals surface area (Å²) in [6.07, 6.45) is 0.504. The van der Waals surface area contributed by atoms with Crippen molar-refractivity contribution in [2.45, 2.75) is 25.4 Å². The van der Waals surface area contributed by atoms with Crippen LogP contribution in [0.4, 0.5) is 0 Å². The maximum atomic E-state index is 8.97. The van der Waals surface area contributed by atoms with Crippen LogP contribution in [-0.2, 0) is 4.74 Å². The summed E-state index contributed by atoms with van der Waals surface area (Å²) in [5, 5.41) is 7.75. The van der Waals surface area contributed by atoms with Gasteiger partial charge in [-0.25, -0.2) is 0 Å². The van der Waals surface area contributed by atoms with Gasteiger partial charge in [-0.05, 0) is 6.92 Å². The Labute approximate surface area is 55.3 Å². The van der Waals surface area contributed by atoms with E-state index >= 15 is 0 Å². The topological polar surface area (TPSA) is 29.5 Å². The van der Waals surface area contributed by atoms with E-state index in [4.69, 9.17) is 9.84 Å². The molecule has 0 rings (SSSR count). The zero-order valence-corrected chi connectivity index (χ0v) is 6.11. The molecule has 0 saturated carbocycles. The standard InChI is InChI=1S/C5H12O2S/c1-3-5(6,8)7-4-2/h6,8H,3-4H2,1-2H3. The monoisotopic (exact) mass is 136 g/mol. The second kappa shape index (κ2) is 3.33. The fraction of sp³-hybridized carbons (Fsp3) is 1.00. The lowest BCUT2D eigenvalue weighted by Crippen LogP contribution is -2.23. The maximum Gasteiger partial charge on any atom is 0.212 e. The van der Waals surface area contributed by atoms with Crippen LogP contribution in [0.25, 0.3) is 0 Å². The molecule has 0 heterocycles. The van der Waals surface area contributed by atoms with E-state index in [1.54, 1.807) is 0 Å². The summed E-state index contributed by atoms with van der Waals surface area (Å²) in [6.45, 7) is 4.12. The molecule has 0 aromatic carbocycles. The fourth-order valence-electron chi connectivity index (χ4n) is 0.333. The molecule has 0 amide bonds. The highest BCUT2D eigenvalue weighted by Crippen LogP contribution is 2.15. The molecule has 1 atom stereocenters. The van der Waals surface area contributed by atoms with Crippen molar-refractivity contribution in [2.75, 3.05) is 6.61 Å². The first-order valence-electron chi connectivity index (χ1n) is 2.71. The Balaban J connectivity index is 3.37. The molecule has 50 valence electrons. The van der Waals surface area contributed by atoms with Crippen molar-refractivity contribution in [3.05, 3.63) is 0 Å². The van der Waals surface area contributed by atoms with Crippen molar-refractivity contribution < 1.29 is 9.84 Å². The van der Waals surface area contributed by atoms with Crippen molar-refractivity contribution >= 4 is 12.6 Å². The Kier molecular flexibility index (Phi) is 3.44. The number of rotatable bonds is 3. The highest BCUT2D eigenvalue weighted by molar-refractivity contribution is 7.81. The Hall–Kier alpha value is 0.270. The van der Waals surface area contributed by atoms with Gasteiger partial charge in [-0.1, -0.05) is 6.92 Å². The van der Waals surface area contributed by atoms with Crippen LogP contribution < -0.4 is 0 Å². The minimum atomic E-state index is -1.21. The van der Waals surface area contributed by atoms with E-state index in [0.29, 0.717) is 13.0 Å². The summed E-state index contributed by atoms with van der Waals surface area (Å²) < 4.78 is 4.80. The van der Waals surface area contributed by atoms with Crippen molar-refractivity contribution in [1.82, 2.24) is 0 Å². The average molecular weight is 136 g/mol. The van der Waals surface area contributed by atoms with E-state index in [0.717, 1.165) is 0 Å². The molecule has 0 fully saturated rings. The number of thiol groups is 1. The molecule has 0 spiro atoms. The van der Waals surface area contributed by atoms with Crippen molar-refractivity contribution in [3.8, 4) is 0 Å². The van der Waals surface area contributed by atoms with Gasteiger partial charge in [-0.15, -0.1) is 12.6 Å². The van der Waals surface area contributed by atoms with Gasteiger partial charge >= 0.3 is 0 Å². The molecule has 8 heavy (non-hydrogen) atoms. The zero-order chi connectivity index (χ0) is 6.62. The molecule has 3 heteroatoms. The molecule has 0 radical (unpaired) electrons. The smallest absolute Gasteiger partial charge is 0.212 e. The first-order chi connectivity index (χ1) is 3.62. The summed E-state index contributed by atoms with van der Waals surface area (Å²) in [4.78, 5) is 0. The lowest BCUT2D eigenvalue weighted by molar-refractivity contribution is -0.126. The molecule has 0 aliphatic carbocycles. The number of aliphatic hydroxyl groups is 1. The van der Waals surface area contributed by atoms with Gasteiger partial charge in [0, 0.05) is 13.0 Å². The van der Waals surface area contributed by atoms with E-state index in [2.05, 4.69) is 12.6 Å². The highest BCUT2D eigenvalue weighted by atomic mass is 32.1. The lowest BCUT2D eigenvalue weighted by atomic mass is 10.5. The summed E-state index contributed by atoms with van der Waals surface area (Å²) in [7, 11) is 0. The average Bonchev–Trinajstić information content (AvgIpc) is 1.67. The van der Waals surface area contributed by atoms with Crippen LogP contribution in [0.5, 0.6) is 0 Å². The van der Waals surface area contributed by atoms with Crippen LogP contribution in [0.3, 0.4) is 0 Å². The SMILES string of the molecule is CCOC(O)(S)CC. The van der Waals surface area contributed by atoms with E-state index in [-0.39, 0.29) is 0 Å². The summed E-state index contributed by atoms with van der Waals surface area (Å²) in [5.41, 5.74) is 0. The van der Waals surface area contributed by atoms with Gasteiger partial charge in [-0.2, -0.15) is 0 Å². The van der Waals surface area contributed by atoms with Crippen LogP contribution in [0, 0.1) is 0 Å². The third-order valence-electron chi connectivity index (χ3n) is 0.836. The first kappa shape index (κ1) is 8.27. The Morgan fingerprint density at radius 3 is 2.25 bits per heavy atom. The molecule has 0 aliphatic rings. The zero-order valence-electron chi connectivity index (χ0n) is 5.22. The van der Waals surface area contributed by atoms with Crippen LogP contribution >= 0.6 is 12.6 Å². The van der Waals surface area contributed by atoms with Crippen molar-refractivity contribution in [3.63, 3.8) is 0 Å². The van der Waals surface area contributed by atoms with Crippen molar-refractivity contribution in [2.24, 2.45) is 0 Å². The highest BCUT2D eigenvalue weighted by Gasteiger charge is 2.16. The van der Waals surface area contributed by atoms with Crippen LogP contribution in [0.15, 0.2) is 0 Å². The molecule has 0 aromatic heterocycles. The predicted molar refractivity (Wildman–Crippen MR) is 35.9 cm³/mol. The summed E-state index contributed by atoms with van der Waals surface area (Å²) in [5.74, 6) is 0. The third-order valence-corrected chi connectivity index (χ3v) is 1.28. The van der Waals surface area contributed by atoms with E-state index in [1.165, 1.54) is 0 Å². The van der Waals surface area contributed by atoms with Crippen LogP contribution in [-0.4, -0.2) is 16.8 Å². The van der Waals surface area contributed by atoms with Gasteiger partial charge < -0.3 is 9.84 Å². The van der Waals surface area contributed by atoms with Crippen LogP contribution in [0.1, 0.15) is 20.3 Å². The molecule has 2 nitrogen and oxygen atoms in total. The third kappa shape index (κ3) is 3.29. The molecule has 0 bridgehead atoms. The Bertz CT molecular complexity index is 63.4. The summed E-state index contributed by atoms with van der Waals surface area (Å²) >= 11 is 3.80.